The van der Waals surface area contributed by atoms with Crippen molar-refractivity contribution in [2.24, 2.45) is 5.41 Å². The minimum absolute atomic E-state index is 0.0421. The summed E-state index contributed by atoms with van der Waals surface area (Å²) in [6.07, 6.45) is 7.25. The van der Waals surface area contributed by atoms with Gasteiger partial charge in [-0.3, -0.25) is 4.79 Å². The van der Waals surface area contributed by atoms with Crippen LogP contribution < -0.4 is 4.90 Å². The van der Waals surface area contributed by atoms with Crippen LogP contribution in [0.4, 0.5) is 5.95 Å². The second kappa shape index (κ2) is 9.85. The molecular formula is C31H41N5O4. The molecule has 0 unspecified atom stereocenters. The summed E-state index contributed by atoms with van der Waals surface area (Å²) in [6.45, 7) is 16.7. The molecular weight excluding hydrogens is 506 g/mol. The van der Waals surface area contributed by atoms with Gasteiger partial charge in [0.1, 0.15) is 5.52 Å². The number of rotatable bonds is 4. The fourth-order valence-corrected chi connectivity index (χ4v) is 6.04. The third-order valence-electron chi connectivity index (χ3n) is 8.59. The van der Waals surface area contributed by atoms with Crippen molar-refractivity contribution in [1.29, 1.82) is 0 Å². The van der Waals surface area contributed by atoms with Gasteiger partial charge in [-0.15, -0.1) is 0 Å². The number of piperazine rings is 1. The summed E-state index contributed by atoms with van der Waals surface area (Å²) in [5.74, 6) is -0.0471. The lowest BCUT2D eigenvalue weighted by Gasteiger charge is -2.46. The summed E-state index contributed by atoms with van der Waals surface area (Å²) in [7, 11) is 0. The number of aromatic carboxylic acids is 1. The first-order chi connectivity index (χ1) is 18.6. The van der Waals surface area contributed by atoms with Gasteiger partial charge in [-0.05, 0) is 56.4 Å². The van der Waals surface area contributed by atoms with E-state index < -0.39 is 11.5 Å². The minimum Gasteiger partial charge on any atom is -0.478 e. The number of pyridine rings is 1. The highest BCUT2D eigenvalue weighted by atomic mass is 16.4. The highest BCUT2D eigenvalue weighted by molar-refractivity contribution is 5.96. The molecule has 3 aromatic rings. The summed E-state index contributed by atoms with van der Waals surface area (Å²) < 4.78 is 6.31. The molecule has 9 nitrogen and oxygen atoms in total. The van der Waals surface area contributed by atoms with E-state index in [4.69, 9.17) is 14.5 Å². The average molecular weight is 548 g/mol. The lowest BCUT2D eigenvalue weighted by atomic mass is 9.72. The highest BCUT2D eigenvalue weighted by Gasteiger charge is 2.39. The SMILES string of the molecule is CC1(C)CCC(c2cc(C(C)(C)C)c3oc(C(=O)N4CCN(c5ncc(C(=O)O)cn5)CC4(C)C)cc3n2)CC1. The van der Waals surface area contributed by atoms with E-state index in [0.717, 1.165) is 29.6 Å². The van der Waals surface area contributed by atoms with E-state index in [1.165, 1.54) is 25.2 Å². The predicted molar refractivity (Wildman–Crippen MR) is 154 cm³/mol. The van der Waals surface area contributed by atoms with Crippen LogP contribution in [0, 0.1) is 5.41 Å². The number of furan rings is 1. The summed E-state index contributed by atoms with van der Waals surface area (Å²) in [5.41, 5.74) is 3.36. The van der Waals surface area contributed by atoms with Crippen LogP contribution >= 0.6 is 0 Å². The summed E-state index contributed by atoms with van der Waals surface area (Å²) >= 11 is 0. The smallest absolute Gasteiger partial charge is 0.338 e. The van der Waals surface area contributed by atoms with Gasteiger partial charge in [-0.2, -0.15) is 0 Å². The van der Waals surface area contributed by atoms with Crippen LogP contribution in [-0.4, -0.2) is 62.0 Å². The monoisotopic (exact) mass is 547 g/mol. The Bertz CT molecular complexity index is 1420. The maximum atomic E-state index is 13.9. The van der Waals surface area contributed by atoms with Crippen molar-refractivity contribution in [3.8, 4) is 0 Å². The third kappa shape index (κ3) is 5.43. The lowest BCUT2D eigenvalue weighted by molar-refractivity contribution is 0.0482. The number of carboxylic acid groups (broad SMARTS) is 1. The Morgan fingerprint density at radius 2 is 1.68 bits per heavy atom. The van der Waals surface area contributed by atoms with Crippen molar-refractivity contribution in [2.45, 2.75) is 91.0 Å². The fraction of sp³-hybridized carbons (Fsp3) is 0.581. The van der Waals surface area contributed by atoms with Crippen molar-refractivity contribution in [3.63, 3.8) is 0 Å². The minimum atomic E-state index is -1.06. The molecule has 0 atom stereocenters. The number of aromatic nitrogens is 3. The number of amides is 1. The van der Waals surface area contributed by atoms with Gasteiger partial charge in [0.15, 0.2) is 11.3 Å². The molecule has 1 amide bonds. The fourth-order valence-electron chi connectivity index (χ4n) is 6.04. The van der Waals surface area contributed by atoms with Gasteiger partial charge in [-0.1, -0.05) is 34.6 Å². The topological polar surface area (TPSA) is 113 Å². The molecule has 5 rings (SSSR count). The zero-order valence-corrected chi connectivity index (χ0v) is 24.7. The van der Waals surface area contributed by atoms with Gasteiger partial charge < -0.3 is 19.3 Å². The number of anilines is 1. The zero-order chi connectivity index (χ0) is 29.0. The number of fused-ring (bicyclic) bond motifs is 1. The molecule has 4 heterocycles. The standard InChI is InChI=1S/C31H41N5O4/c1-29(2,3)21-14-22(19-8-10-30(4,5)11-9-19)34-23-15-24(40-25(21)23)26(37)36-13-12-35(18-31(36,6)7)28-32-16-20(17-33-28)27(38)39/h14-17,19H,8-13,18H2,1-7H3,(H,38,39). The maximum absolute atomic E-state index is 13.9. The molecule has 1 aliphatic carbocycles. The summed E-state index contributed by atoms with van der Waals surface area (Å²) in [5, 5.41) is 9.14. The average Bonchev–Trinajstić information content (AvgIpc) is 3.31. The van der Waals surface area contributed by atoms with Crippen molar-refractivity contribution in [1.82, 2.24) is 19.9 Å². The van der Waals surface area contributed by atoms with E-state index in [0.29, 0.717) is 48.3 Å². The molecule has 1 saturated heterocycles. The van der Waals surface area contributed by atoms with Crippen molar-refractivity contribution in [2.75, 3.05) is 24.5 Å². The first kappa shape index (κ1) is 28.1. The molecule has 40 heavy (non-hydrogen) atoms. The molecule has 1 N–H and O–H groups in total. The molecule has 0 bridgehead atoms. The largest absolute Gasteiger partial charge is 0.478 e. The van der Waals surface area contributed by atoms with Crippen molar-refractivity contribution < 1.29 is 19.1 Å². The molecule has 1 aliphatic heterocycles. The Kier molecular flexibility index (Phi) is 6.91. The van der Waals surface area contributed by atoms with E-state index in [2.05, 4.69) is 50.7 Å². The third-order valence-corrected chi connectivity index (χ3v) is 8.59. The van der Waals surface area contributed by atoms with Gasteiger partial charge >= 0.3 is 5.97 Å². The van der Waals surface area contributed by atoms with E-state index in [1.54, 1.807) is 0 Å². The second-order valence-electron chi connectivity index (χ2n) is 13.9. The van der Waals surface area contributed by atoms with Crippen LogP contribution in [0.25, 0.3) is 11.1 Å². The zero-order valence-electron chi connectivity index (χ0n) is 24.7. The Morgan fingerprint density at radius 1 is 1.02 bits per heavy atom. The molecule has 2 aliphatic rings. The summed E-state index contributed by atoms with van der Waals surface area (Å²) in [6, 6.07) is 4.03. The predicted octanol–water partition coefficient (Wildman–Crippen LogP) is 6.04. The van der Waals surface area contributed by atoms with Crippen LogP contribution in [0.1, 0.15) is 112 Å². The molecule has 214 valence electrons. The van der Waals surface area contributed by atoms with Crippen LogP contribution in [0.3, 0.4) is 0 Å². The van der Waals surface area contributed by atoms with Gasteiger partial charge in [0.05, 0.1) is 11.1 Å². The van der Waals surface area contributed by atoms with Crippen LogP contribution in [0.15, 0.2) is 28.9 Å². The molecule has 0 spiro atoms. The number of hydrogen-bond donors (Lipinski definition) is 1. The molecule has 0 aromatic carbocycles. The van der Waals surface area contributed by atoms with Gasteiger partial charge in [0, 0.05) is 55.3 Å². The Balaban J connectivity index is 1.41. The highest BCUT2D eigenvalue weighted by Crippen LogP contribution is 2.43. The Labute approximate surface area is 236 Å². The normalized spacial score (nSPS) is 19.7. The van der Waals surface area contributed by atoms with Crippen LogP contribution in [-0.2, 0) is 5.41 Å². The van der Waals surface area contributed by atoms with E-state index in [-0.39, 0.29) is 16.9 Å². The number of carbonyl (C=O) groups is 2. The van der Waals surface area contributed by atoms with Gasteiger partial charge in [0.2, 0.25) is 5.95 Å². The van der Waals surface area contributed by atoms with Gasteiger partial charge in [0.25, 0.3) is 5.91 Å². The van der Waals surface area contributed by atoms with Crippen LogP contribution in [0.2, 0.25) is 0 Å². The van der Waals surface area contributed by atoms with Crippen molar-refractivity contribution in [3.05, 3.63) is 47.1 Å². The number of hydrogen-bond acceptors (Lipinski definition) is 7. The number of carbonyl (C=O) groups excluding carboxylic acids is 1. The quantitative estimate of drug-likeness (QED) is 0.421. The molecule has 3 aromatic heterocycles. The molecule has 0 radical (unpaired) electrons. The van der Waals surface area contributed by atoms with Crippen LogP contribution in [0.5, 0.6) is 0 Å². The summed E-state index contributed by atoms with van der Waals surface area (Å²) in [4.78, 5) is 42.4. The van der Waals surface area contributed by atoms with E-state index in [1.807, 2.05) is 29.7 Å². The first-order valence-corrected chi connectivity index (χ1v) is 14.2. The Hall–Kier alpha value is -3.49. The molecule has 1 saturated carbocycles. The molecule has 9 heteroatoms. The lowest BCUT2D eigenvalue weighted by Crippen LogP contribution is -2.61. The van der Waals surface area contributed by atoms with Gasteiger partial charge in [-0.25, -0.2) is 19.7 Å². The first-order valence-electron chi connectivity index (χ1n) is 14.2. The van der Waals surface area contributed by atoms with Crippen molar-refractivity contribution >= 4 is 28.9 Å². The second-order valence-corrected chi connectivity index (χ2v) is 13.9. The maximum Gasteiger partial charge on any atom is 0.338 e. The van der Waals surface area contributed by atoms with E-state index >= 15 is 0 Å². The number of nitrogens with zero attached hydrogens (tertiary/aromatic N) is 5. The molecule has 2 fully saturated rings. The van der Waals surface area contributed by atoms with E-state index in [9.17, 15) is 9.59 Å². The number of carboxylic acids is 1. The Morgan fingerprint density at radius 3 is 2.25 bits per heavy atom.